The molecule has 1 aromatic rings. The van der Waals surface area contributed by atoms with Crippen molar-refractivity contribution in [3.05, 3.63) is 32.8 Å². The second kappa shape index (κ2) is 7.19. The summed E-state index contributed by atoms with van der Waals surface area (Å²) in [6.45, 7) is -0.261. The largest absolute Gasteiger partial charge is 0.396 e. The Morgan fingerprint density at radius 3 is 2.45 bits per heavy atom. The normalized spacial score (nSPS) is 12.6. The van der Waals surface area contributed by atoms with Crippen molar-refractivity contribution < 1.29 is 18.4 Å². The second-order valence-electron chi connectivity index (χ2n) is 3.99. The van der Waals surface area contributed by atoms with E-state index in [4.69, 9.17) is 22.4 Å². The summed E-state index contributed by atoms with van der Waals surface area (Å²) in [5.74, 6) is 0. The van der Waals surface area contributed by atoms with Crippen LogP contribution >= 0.6 is 24.0 Å². The van der Waals surface area contributed by atoms with Crippen molar-refractivity contribution in [2.45, 2.75) is 17.4 Å². The Kier molecular flexibility index (Phi) is 6.85. The van der Waals surface area contributed by atoms with Gasteiger partial charge >= 0.3 is 0 Å². The van der Waals surface area contributed by atoms with Crippen LogP contribution < -0.4 is 5.73 Å². The van der Waals surface area contributed by atoms with Gasteiger partial charge in [-0.05, 0) is 12.5 Å². The topological polar surface area (TPSA) is 124 Å². The molecule has 0 aliphatic heterocycles. The maximum atomic E-state index is 11.4. The molecule has 1 rings (SSSR count). The van der Waals surface area contributed by atoms with Gasteiger partial charge in [-0.1, -0.05) is 11.6 Å². The van der Waals surface area contributed by atoms with E-state index in [-0.39, 0.29) is 40.9 Å². The minimum absolute atomic E-state index is 0. The number of sulfone groups is 1. The van der Waals surface area contributed by atoms with Crippen LogP contribution in [0.2, 0.25) is 5.02 Å². The lowest BCUT2D eigenvalue weighted by molar-refractivity contribution is -0.385. The average molecular weight is 345 g/mol. The third kappa shape index (κ3) is 4.29. The number of nitro benzene ring substituents is 1. The van der Waals surface area contributed by atoms with Gasteiger partial charge in [0.25, 0.3) is 5.69 Å². The zero-order chi connectivity index (χ0) is 14.8. The quantitative estimate of drug-likeness (QED) is 0.615. The van der Waals surface area contributed by atoms with Gasteiger partial charge in [0.05, 0.1) is 20.4 Å². The summed E-state index contributed by atoms with van der Waals surface area (Å²) < 4.78 is 22.8. The first kappa shape index (κ1) is 19.1. The highest BCUT2D eigenvalue weighted by Crippen LogP contribution is 2.35. The van der Waals surface area contributed by atoms with Crippen LogP contribution in [0.25, 0.3) is 0 Å². The van der Waals surface area contributed by atoms with Crippen molar-refractivity contribution in [2.75, 3.05) is 12.9 Å². The summed E-state index contributed by atoms with van der Waals surface area (Å²) in [4.78, 5) is 10.0. The van der Waals surface area contributed by atoms with Crippen LogP contribution in [-0.4, -0.2) is 31.3 Å². The molecule has 20 heavy (non-hydrogen) atoms. The number of aliphatic hydroxyl groups excluding tert-OH is 1. The Hall–Kier alpha value is -0.930. The van der Waals surface area contributed by atoms with Gasteiger partial charge in [0.1, 0.15) is 0 Å². The minimum atomic E-state index is -3.62. The first-order valence-corrected chi connectivity index (χ1v) is 7.49. The van der Waals surface area contributed by atoms with Gasteiger partial charge in [0, 0.05) is 25.0 Å². The van der Waals surface area contributed by atoms with Crippen molar-refractivity contribution in [3.8, 4) is 0 Å². The number of hydrogen-bond acceptors (Lipinski definition) is 6. The van der Waals surface area contributed by atoms with Gasteiger partial charge in [0.15, 0.2) is 9.84 Å². The van der Waals surface area contributed by atoms with E-state index in [1.165, 1.54) is 0 Å². The fourth-order valence-corrected chi connectivity index (χ4v) is 2.67. The zero-order valence-electron chi connectivity index (χ0n) is 10.4. The molecular formula is C10H14Cl2N2O5S. The predicted molar refractivity (Wildman–Crippen MR) is 77.1 cm³/mol. The lowest BCUT2D eigenvalue weighted by atomic mass is 10.0. The van der Waals surface area contributed by atoms with E-state index in [0.29, 0.717) is 0 Å². The Balaban J connectivity index is 0.00000361. The zero-order valence-corrected chi connectivity index (χ0v) is 12.8. The number of benzene rings is 1. The lowest BCUT2D eigenvalue weighted by Gasteiger charge is -2.13. The molecule has 1 aromatic carbocycles. The molecule has 0 saturated heterocycles. The summed E-state index contributed by atoms with van der Waals surface area (Å²) in [6, 6.07) is 1.20. The van der Waals surface area contributed by atoms with Crippen molar-refractivity contribution in [1.29, 1.82) is 0 Å². The molecular weight excluding hydrogens is 331 g/mol. The second-order valence-corrected chi connectivity index (χ2v) is 6.41. The van der Waals surface area contributed by atoms with Gasteiger partial charge in [-0.3, -0.25) is 10.1 Å². The third-order valence-corrected chi connectivity index (χ3v) is 3.92. The molecule has 10 heteroatoms. The highest BCUT2D eigenvalue weighted by molar-refractivity contribution is 7.90. The van der Waals surface area contributed by atoms with Crippen LogP contribution in [0.15, 0.2) is 17.0 Å². The molecule has 3 N–H and O–H groups in total. The first-order valence-electron chi connectivity index (χ1n) is 5.22. The lowest BCUT2D eigenvalue weighted by Crippen LogP contribution is -2.15. The molecule has 1 atom stereocenters. The molecule has 0 radical (unpaired) electrons. The molecule has 0 spiro atoms. The van der Waals surface area contributed by atoms with Crippen LogP contribution in [0.5, 0.6) is 0 Å². The van der Waals surface area contributed by atoms with E-state index >= 15 is 0 Å². The Bertz CT molecular complexity index is 606. The SMILES string of the molecule is CS(=O)(=O)c1cc(Cl)c(C(N)CCO)c([N+](=O)[O-])c1.Cl. The number of aliphatic hydroxyl groups is 1. The summed E-state index contributed by atoms with van der Waals surface area (Å²) >= 11 is 5.88. The molecule has 0 aliphatic carbocycles. The molecule has 7 nitrogen and oxygen atoms in total. The van der Waals surface area contributed by atoms with E-state index in [1.807, 2.05) is 0 Å². The van der Waals surface area contributed by atoms with E-state index < -0.39 is 26.5 Å². The molecule has 0 aliphatic rings. The van der Waals surface area contributed by atoms with Gasteiger partial charge < -0.3 is 10.8 Å². The number of nitrogens with two attached hydrogens (primary N) is 1. The highest BCUT2D eigenvalue weighted by atomic mass is 35.5. The fraction of sp³-hybridized carbons (Fsp3) is 0.400. The van der Waals surface area contributed by atoms with E-state index in [0.717, 1.165) is 18.4 Å². The molecule has 0 saturated carbocycles. The predicted octanol–water partition coefficient (Wildman–Crippen LogP) is 1.46. The molecule has 0 fully saturated rings. The molecule has 0 heterocycles. The van der Waals surface area contributed by atoms with Crippen molar-refractivity contribution in [2.24, 2.45) is 5.73 Å². The van der Waals surface area contributed by atoms with Crippen LogP contribution in [-0.2, 0) is 9.84 Å². The third-order valence-electron chi connectivity index (χ3n) is 2.52. The highest BCUT2D eigenvalue weighted by Gasteiger charge is 2.26. The fourth-order valence-electron chi connectivity index (χ4n) is 1.59. The first-order chi connectivity index (χ1) is 8.68. The number of nitro groups is 1. The summed E-state index contributed by atoms with van der Waals surface area (Å²) in [7, 11) is -3.62. The molecule has 1 unspecified atom stereocenters. The van der Waals surface area contributed by atoms with Crippen molar-refractivity contribution >= 4 is 39.5 Å². The van der Waals surface area contributed by atoms with E-state index in [2.05, 4.69) is 0 Å². The molecule has 0 bridgehead atoms. The number of halogens is 2. The standard InChI is InChI=1S/C10H13ClN2O5S.ClH/c1-19(17,18)6-4-7(11)10(8(12)2-3-14)9(5-6)13(15)16;/h4-5,8,14H,2-3,12H2,1H3;1H. The smallest absolute Gasteiger partial charge is 0.276 e. The Morgan fingerprint density at radius 1 is 1.50 bits per heavy atom. The van der Waals surface area contributed by atoms with Crippen LogP contribution in [0.3, 0.4) is 0 Å². The summed E-state index contributed by atoms with van der Waals surface area (Å²) in [5.41, 5.74) is 5.26. The van der Waals surface area contributed by atoms with Gasteiger partial charge in [-0.25, -0.2) is 8.42 Å². The maximum Gasteiger partial charge on any atom is 0.276 e. The molecule has 0 aromatic heterocycles. The van der Waals surface area contributed by atoms with Crippen LogP contribution in [0, 0.1) is 10.1 Å². The summed E-state index contributed by atoms with van der Waals surface area (Å²) in [5, 5.41) is 19.7. The monoisotopic (exact) mass is 344 g/mol. The Morgan fingerprint density at radius 2 is 2.05 bits per heavy atom. The number of nitrogens with zero attached hydrogens (tertiary/aromatic N) is 1. The Labute approximate surface area is 127 Å². The number of hydrogen-bond donors (Lipinski definition) is 2. The van der Waals surface area contributed by atoms with Gasteiger partial charge in [-0.15, -0.1) is 12.4 Å². The van der Waals surface area contributed by atoms with Crippen molar-refractivity contribution in [3.63, 3.8) is 0 Å². The molecule has 0 amide bonds. The van der Waals surface area contributed by atoms with Crippen LogP contribution in [0.1, 0.15) is 18.0 Å². The summed E-state index contributed by atoms with van der Waals surface area (Å²) in [6.07, 6.45) is 1.01. The minimum Gasteiger partial charge on any atom is -0.396 e. The average Bonchev–Trinajstić information content (AvgIpc) is 2.26. The van der Waals surface area contributed by atoms with Gasteiger partial charge in [0.2, 0.25) is 0 Å². The van der Waals surface area contributed by atoms with Crippen LogP contribution in [0.4, 0.5) is 5.69 Å². The maximum absolute atomic E-state index is 11.4. The van der Waals surface area contributed by atoms with Gasteiger partial charge in [-0.2, -0.15) is 0 Å². The van der Waals surface area contributed by atoms with E-state index in [9.17, 15) is 18.5 Å². The molecule has 114 valence electrons. The number of rotatable bonds is 5. The van der Waals surface area contributed by atoms with Crippen molar-refractivity contribution in [1.82, 2.24) is 0 Å². The van der Waals surface area contributed by atoms with E-state index in [1.54, 1.807) is 0 Å².